The highest BCUT2D eigenvalue weighted by Gasteiger charge is 2.05. The maximum absolute atomic E-state index is 4.56. The highest BCUT2D eigenvalue weighted by atomic mass is 32.2. The molecule has 2 heterocycles. The van der Waals surface area contributed by atoms with Crippen LogP contribution in [0.3, 0.4) is 0 Å². The number of benzene rings is 1. The van der Waals surface area contributed by atoms with Crippen LogP contribution in [0, 0.1) is 0 Å². The molecule has 1 aromatic carbocycles. The van der Waals surface area contributed by atoms with E-state index in [-0.39, 0.29) is 0 Å². The van der Waals surface area contributed by atoms with Crippen LogP contribution in [0.2, 0.25) is 0 Å². The van der Waals surface area contributed by atoms with Crippen molar-refractivity contribution < 1.29 is 0 Å². The van der Waals surface area contributed by atoms with Gasteiger partial charge in [-0.25, -0.2) is 15.0 Å². The molecule has 0 aliphatic heterocycles. The van der Waals surface area contributed by atoms with Crippen LogP contribution in [0.1, 0.15) is 0 Å². The summed E-state index contributed by atoms with van der Waals surface area (Å²) in [5, 5.41) is 0.738. The molecule has 0 amide bonds. The second-order valence-electron chi connectivity index (χ2n) is 3.67. The molecule has 0 atom stereocenters. The third-order valence-electron chi connectivity index (χ3n) is 2.53. The van der Waals surface area contributed by atoms with Gasteiger partial charge in [-0.15, -0.1) is 0 Å². The first-order valence-corrected chi connectivity index (χ1v) is 6.68. The van der Waals surface area contributed by atoms with Crippen molar-refractivity contribution >= 4 is 22.8 Å². The lowest BCUT2D eigenvalue weighted by molar-refractivity contribution is 0.971. The van der Waals surface area contributed by atoms with Crippen molar-refractivity contribution in [3.05, 3.63) is 42.7 Å². The van der Waals surface area contributed by atoms with Crippen molar-refractivity contribution in [2.75, 3.05) is 6.26 Å². The van der Waals surface area contributed by atoms with E-state index in [4.69, 9.17) is 0 Å². The fraction of sp³-hybridized carbons (Fsp3) is 0.0769. The number of nitrogens with zero attached hydrogens (tertiary/aromatic N) is 4. The SMILES string of the molecule is CSc1nccc(-c2cnc3ccccc3n2)n1. The lowest BCUT2D eigenvalue weighted by Crippen LogP contribution is -1.93. The number of thioether (sulfide) groups is 1. The summed E-state index contributed by atoms with van der Waals surface area (Å²) in [7, 11) is 0. The van der Waals surface area contributed by atoms with Gasteiger partial charge in [-0.1, -0.05) is 23.9 Å². The Bertz CT molecular complexity index is 699. The topological polar surface area (TPSA) is 51.6 Å². The molecule has 0 saturated carbocycles. The Morgan fingerprint density at radius 3 is 2.56 bits per heavy atom. The van der Waals surface area contributed by atoms with Crippen LogP contribution in [0.4, 0.5) is 0 Å². The molecular formula is C13H10N4S. The van der Waals surface area contributed by atoms with Crippen molar-refractivity contribution in [2.24, 2.45) is 0 Å². The van der Waals surface area contributed by atoms with Crippen LogP contribution < -0.4 is 0 Å². The first kappa shape index (κ1) is 11.1. The Morgan fingerprint density at radius 2 is 1.72 bits per heavy atom. The fourth-order valence-corrected chi connectivity index (χ4v) is 2.02. The zero-order valence-corrected chi connectivity index (χ0v) is 10.6. The Balaban J connectivity index is 2.13. The molecule has 0 aliphatic rings. The Hall–Kier alpha value is -2.01. The molecule has 18 heavy (non-hydrogen) atoms. The highest BCUT2D eigenvalue weighted by Crippen LogP contribution is 2.18. The summed E-state index contributed by atoms with van der Waals surface area (Å²) in [4.78, 5) is 17.5. The Morgan fingerprint density at radius 1 is 0.889 bits per heavy atom. The van der Waals surface area contributed by atoms with Gasteiger partial charge < -0.3 is 0 Å². The van der Waals surface area contributed by atoms with Gasteiger partial charge in [0.1, 0.15) is 5.69 Å². The molecule has 88 valence electrons. The number of aromatic nitrogens is 4. The van der Waals surface area contributed by atoms with Crippen molar-refractivity contribution in [1.82, 2.24) is 19.9 Å². The number of hydrogen-bond acceptors (Lipinski definition) is 5. The van der Waals surface area contributed by atoms with Gasteiger partial charge in [0.2, 0.25) is 0 Å². The molecule has 5 heteroatoms. The zero-order valence-electron chi connectivity index (χ0n) is 9.74. The Kier molecular flexibility index (Phi) is 2.90. The van der Waals surface area contributed by atoms with Crippen molar-refractivity contribution in [3.8, 4) is 11.4 Å². The molecule has 0 spiro atoms. The summed E-state index contributed by atoms with van der Waals surface area (Å²) >= 11 is 1.51. The second-order valence-corrected chi connectivity index (χ2v) is 4.45. The maximum Gasteiger partial charge on any atom is 0.187 e. The molecule has 3 rings (SSSR count). The normalized spacial score (nSPS) is 10.7. The van der Waals surface area contributed by atoms with Crippen LogP contribution in [0.15, 0.2) is 47.9 Å². The molecule has 0 N–H and O–H groups in total. The Labute approximate surface area is 109 Å². The molecule has 0 unspecified atom stereocenters. The van der Waals surface area contributed by atoms with Gasteiger partial charge in [-0.05, 0) is 24.5 Å². The van der Waals surface area contributed by atoms with Crippen molar-refractivity contribution in [1.29, 1.82) is 0 Å². The summed E-state index contributed by atoms with van der Waals surface area (Å²) in [6.07, 6.45) is 5.44. The molecule has 0 radical (unpaired) electrons. The number of fused-ring (bicyclic) bond motifs is 1. The van der Waals surface area contributed by atoms with Gasteiger partial charge in [0.15, 0.2) is 5.16 Å². The van der Waals surface area contributed by atoms with Crippen LogP contribution >= 0.6 is 11.8 Å². The summed E-state index contributed by atoms with van der Waals surface area (Å²) < 4.78 is 0. The van der Waals surface area contributed by atoms with E-state index >= 15 is 0 Å². The van der Waals surface area contributed by atoms with Gasteiger partial charge in [-0.2, -0.15) is 0 Å². The predicted molar refractivity (Wildman–Crippen MR) is 72.3 cm³/mol. The van der Waals surface area contributed by atoms with E-state index in [0.717, 1.165) is 27.6 Å². The largest absolute Gasteiger partial charge is 0.252 e. The summed E-state index contributed by atoms with van der Waals surface area (Å²) in [6.45, 7) is 0. The van der Waals surface area contributed by atoms with Gasteiger partial charge in [0.05, 0.1) is 22.9 Å². The summed E-state index contributed by atoms with van der Waals surface area (Å²) in [5.74, 6) is 0. The van der Waals surface area contributed by atoms with Gasteiger partial charge in [-0.3, -0.25) is 4.98 Å². The zero-order chi connectivity index (χ0) is 12.4. The second kappa shape index (κ2) is 4.70. The van der Waals surface area contributed by atoms with Crippen LogP contribution in [-0.4, -0.2) is 26.2 Å². The summed E-state index contributed by atoms with van der Waals surface area (Å²) in [5.41, 5.74) is 3.33. The molecule has 4 nitrogen and oxygen atoms in total. The molecule has 0 aliphatic carbocycles. The smallest absolute Gasteiger partial charge is 0.187 e. The van der Waals surface area contributed by atoms with Crippen LogP contribution in [-0.2, 0) is 0 Å². The first-order valence-electron chi connectivity index (χ1n) is 5.46. The van der Waals surface area contributed by atoms with Gasteiger partial charge >= 0.3 is 0 Å². The molecule has 2 aromatic heterocycles. The maximum atomic E-state index is 4.56. The average Bonchev–Trinajstić information content (AvgIpc) is 2.47. The van der Waals surface area contributed by atoms with Crippen molar-refractivity contribution in [3.63, 3.8) is 0 Å². The van der Waals surface area contributed by atoms with E-state index in [9.17, 15) is 0 Å². The van der Waals surface area contributed by atoms with Gasteiger partial charge in [0, 0.05) is 6.20 Å². The molecular weight excluding hydrogens is 244 g/mol. The monoisotopic (exact) mass is 254 g/mol. The lowest BCUT2D eigenvalue weighted by Gasteiger charge is -2.02. The van der Waals surface area contributed by atoms with Crippen LogP contribution in [0.5, 0.6) is 0 Å². The van der Waals surface area contributed by atoms with E-state index in [1.54, 1.807) is 12.4 Å². The third kappa shape index (κ3) is 2.04. The third-order valence-corrected chi connectivity index (χ3v) is 3.09. The minimum Gasteiger partial charge on any atom is -0.252 e. The number of rotatable bonds is 2. The average molecular weight is 254 g/mol. The van der Waals surface area contributed by atoms with E-state index in [2.05, 4.69) is 19.9 Å². The van der Waals surface area contributed by atoms with E-state index in [1.165, 1.54) is 11.8 Å². The van der Waals surface area contributed by atoms with Crippen molar-refractivity contribution in [2.45, 2.75) is 5.16 Å². The first-order chi connectivity index (χ1) is 8.86. The van der Waals surface area contributed by atoms with E-state index in [1.807, 2.05) is 36.6 Å². The fourth-order valence-electron chi connectivity index (χ4n) is 1.66. The quantitative estimate of drug-likeness (QED) is 0.520. The van der Waals surface area contributed by atoms with E-state index in [0.29, 0.717) is 0 Å². The molecule has 3 aromatic rings. The highest BCUT2D eigenvalue weighted by molar-refractivity contribution is 7.98. The van der Waals surface area contributed by atoms with Gasteiger partial charge in [0.25, 0.3) is 0 Å². The molecule has 0 saturated heterocycles. The number of hydrogen-bond donors (Lipinski definition) is 0. The van der Waals surface area contributed by atoms with E-state index < -0.39 is 0 Å². The molecule has 0 bridgehead atoms. The van der Waals surface area contributed by atoms with Crippen LogP contribution in [0.25, 0.3) is 22.4 Å². The minimum absolute atomic E-state index is 0.738. The standard InChI is InChI=1S/C13H10N4S/c1-18-13-14-7-6-11(17-13)12-8-15-9-4-2-3-5-10(9)16-12/h2-8H,1H3. The number of para-hydroxylation sites is 2. The lowest BCUT2D eigenvalue weighted by atomic mass is 10.2. The predicted octanol–water partition coefficient (Wildman–Crippen LogP) is 2.81. The molecule has 0 fully saturated rings. The summed E-state index contributed by atoms with van der Waals surface area (Å²) in [6, 6.07) is 9.64. The minimum atomic E-state index is 0.738.